The van der Waals surface area contributed by atoms with Crippen LogP contribution in [0.2, 0.25) is 0 Å². The standard InChI is InChI=1S/C22H29N3O2/c1-16-5-7-19(8-6-16)9-10-21(26)24-11-13-25(14-12-24)22(27)20-15-17(2)23(4)18(20)3/h5-8,15H,9-14H2,1-4H3. The first kappa shape index (κ1) is 19.2. The highest BCUT2D eigenvalue weighted by molar-refractivity contribution is 5.96. The summed E-state index contributed by atoms with van der Waals surface area (Å²) in [6.07, 6.45) is 1.29. The van der Waals surface area contributed by atoms with Crippen LogP contribution in [0.5, 0.6) is 0 Å². The van der Waals surface area contributed by atoms with Gasteiger partial charge in [-0.1, -0.05) is 29.8 Å². The number of benzene rings is 1. The lowest BCUT2D eigenvalue weighted by Gasteiger charge is -2.35. The Balaban J connectivity index is 1.52. The molecular weight excluding hydrogens is 338 g/mol. The fraction of sp³-hybridized carbons (Fsp3) is 0.455. The summed E-state index contributed by atoms with van der Waals surface area (Å²) in [5.41, 5.74) is 5.27. The molecule has 2 aromatic rings. The van der Waals surface area contributed by atoms with E-state index in [2.05, 4.69) is 31.2 Å². The van der Waals surface area contributed by atoms with Crippen LogP contribution >= 0.6 is 0 Å². The second kappa shape index (κ2) is 7.99. The number of nitrogens with zero attached hydrogens (tertiary/aromatic N) is 3. The van der Waals surface area contributed by atoms with Crippen LogP contribution in [0.15, 0.2) is 30.3 Å². The smallest absolute Gasteiger partial charge is 0.255 e. The predicted octanol–water partition coefficient (Wildman–Crippen LogP) is 2.87. The van der Waals surface area contributed by atoms with Crippen LogP contribution in [-0.2, 0) is 18.3 Å². The van der Waals surface area contributed by atoms with Crippen molar-refractivity contribution < 1.29 is 9.59 Å². The molecule has 0 atom stereocenters. The van der Waals surface area contributed by atoms with Gasteiger partial charge in [0.2, 0.25) is 5.91 Å². The summed E-state index contributed by atoms with van der Waals surface area (Å²) in [5, 5.41) is 0. The minimum atomic E-state index is 0.0722. The fourth-order valence-corrected chi connectivity index (χ4v) is 3.57. The lowest BCUT2D eigenvalue weighted by Crippen LogP contribution is -2.50. The van der Waals surface area contributed by atoms with E-state index >= 15 is 0 Å². The van der Waals surface area contributed by atoms with Gasteiger partial charge in [-0.2, -0.15) is 0 Å². The van der Waals surface area contributed by atoms with Crippen molar-refractivity contribution in [2.75, 3.05) is 26.2 Å². The molecule has 3 rings (SSSR count). The number of carbonyl (C=O) groups excluding carboxylic acids is 2. The largest absolute Gasteiger partial charge is 0.351 e. The van der Waals surface area contributed by atoms with E-state index in [0.717, 1.165) is 23.4 Å². The molecule has 0 aliphatic carbocycles. The van der Waals surface area contributed by atoms with Gasteiger partial charge in [0, 0.05) is 51.0 Å². The predicted molar refractivity (Wildman–Crippen MR) is 107 cm³/mol. The van der Waals surface area contributed by atoms with Crippen LogP contribution in [0, 0.1) is 20.8 Å². The minimum Gasteiger partial charge on any atom is -0.351 e. The van der Waals surface area contributed by atoms with Crippen molar-refractivity contribution in [3.63, 3.8) is 0 Å². The number of piperazine rings is 1. The molecule has 0 spiro atoms. The van der Waals surface area contributed by atoms with E-state index in [-0.39, 0.29) is 11.8 Å². The molecule has 1 aliphatic heterocycles. The molecule has 2 amide bonds. The van der Waals surface area contributed by atoms with E-state index in [1.54, 1.807) is 0 Å². The van der Waals surface area contributed by atoms with Crippen molar-refractivity contribution in [2.24, 2.45) is 7.05 Å². The maximum absolute atomic E-state index is 12.8. The zero-order valence-corrected chi connectivity index (χ0v) is 16.8. The molecule has 0 bridgehead atoms. The average molecular weight is 367 g/mol. The average Bonchev–Trinajstić information content (AvgIpc) is 2.94. The monoisotopic (exact) mass is 367 g/mol. The number of aryl methyl sites for hydroxylation is 3. The Kier molecular flexibility index (Phi) is 5.68. The molecule has 0 saturated carbocycles. The molecule has 1 aromatic carbocycles. The number of carbonyl (C=O) groups is 2. The maximum atomic E-state index is 12.8. The molecule has 1 aliphatic rings. The Bertz CT molecular complexity index is 828. The first-order chi connectivity index (χ1) is 12.9. The van der Waals surface area contributed by atoms with E-state index in [9.17, 15) is 9.59 Å². The molecule has 5 heteroatoms. The van der Waals surface area contributed by atoms with Crippen LogP contribution in [0.4, 0.5) is 0 Å². The van der Waals surface area contributed by atoms with Gasteiger partial charge in [0.1, 0.15) is 0 Å². The van der Waals surface area contributed by atoms with E-state index in [0.29, 0.717) is 32.6 Å². The quantitative estimate of drug-likeness (QED) is 0.834. The normalized spacial score (nSPS) is 14.5. The van der Waals surface area contributed by atoms with Crippen molar-refractivity contribution in [1.29, 1.82) is 0 Å². The highest BCUT2D eigenvalue weighted by atomic mass is 16.2. The van der Waals surface area contributed by atoms with Gasteiger partial charge in [-0.25, -0.2) is 0 Å². The van der Waals surface area contributed by atoms with E-state index < -0.39 is 0 Å². The van der Waals surface area contributed by atoms with Crippen molar-refractivity contribution in [1.82, 2.24) is 14.4 Å². The third-order valence-electron chi connectivity index (χ3n) is 5.67. The molecule has 0 radical (unpaired) electrons. The van der Waals surface area contributed by atoms with Crippen molar-refractivity contribution >= 4 is 11.8 Å². The number of amides is 2. The van der Waals surface area contributed by atoms with Gasteiger partial charge in [-0.3, -0.25) is 9.59 Å². The maximum Gasteiger partial charge on any atom is 0.255 e. The van der Waals surface area contributed by atoms with Crippen LogP contribution < -0.4 is 0 Å². The first-order valence-corrected chi connectivity index (χ1v) is 9.62. The Morgan fingerprint density at radius 1 is 0.926 bits per heavy atom. The second-order valence-electron chi connectivity index (χ2n) is 7.50. The third kappa shape index (κ3) is 4.24. The van der Waals surface area contributed by atoms with Crippen molar-refractivity contribution in [2.45, 2.75) is 33.6 Å². The molecule has 27 heavy (non-hydrogen) atoms. The molecule has 0 unspecified atom stereocenters. The molecular formula is C22H29N3O2. The zero-order chi connectivity index (χ0) is 19.6. The van der Waals surface area contributed by atoms with Crippen molar-refractivity contribution in [3.05, 3.63) is 58.4 Å². The van der Waals surface area contributed by atoms with E-state index in [1.807, 2.05) is 41.3 Å². The minimum absolute atomic E-state index is 0.0722. The van der Waals surface area contributed by atoms with Gasteiger partial charge < -0.3 is 14.4 Å². The molecule has 144 valence electrons. The number of hydrogen-bond acceptors (Lipinski definition) is 2. The van der Waals surface area contributed by atoms with Crippen molar-refractivity contribution in [3.8, 4) is 0 Å². The topological polar surface area (TPSA) is 45.6 Å². The molecule has 1 aromatic heterocycles. The Morgan fingerprint density at radius 2 is 1.52 bits per heavy atom. The Labute approximate surface area is 161 Å². The third-order valence-corrected chi connectivity index (χ3v) is 5.67. The number of aromatic nitrogens is 1. The molecule has 5 nitrogen and oxygen atoms in total. The van der Waals surface area contributed by atoms with Crippen LogP contribution in [0.25, 0.3) is 0 Å². The fourth-order valence-electron chi connectivity index (χ4n) is 3.57. The number of hydrogen-bond donors (Lipinski definition) is 0. The first-order valence-electron chi connectivity index (χ1n) is 9.62. The molecule has 1 saturated heterocycles. The van der Waals surface area contributed by atoms with Gasteiger partial charge in [0.25, 0.3) is 5.91 Å². The van der Waals surface area contributed by atoms with Crippen LogP contribution in [-0.4, -0.2) is 52.4 Å². The molecule has 0 N–H and O–H groups in total. The Hall–Kier alpha value is -2.56. The van der Waals surface area contributed by atoms with Gasteiger partial charge in [0.05, 0.1) is 5.56 Å². The SMILES string of the molecule is Cc1ccc(CCC(=O)N2CCN(C(=O)c3cc(C)n(C)c3C)CC2)cc1. The Morgan fingerprint density at radius 3 is 2.07 bits per heavy atom. The van der Waals surface area contributed by atoms with Gasteiger partial charge in [-0.15, -0.1) is 0 Å². The zero-order valence-electron chi connectivity index (χ0n) is 16.8. The highest BCUT2D eigenvalue weighted by Crippen LogP contribution is 2.17. The van der Waals surface area contributed by atoms with Gasteiger partial charge in [0.15, 0.2) is 0 Å². The lowest BCUT2D eigenvalue weighted by atomic mass is 10.1. The summed E-state index contributed by atoms with van der Waals surface area (Å²) in [6, 6.07) is 10.3. The van der Waals surface area contributed by atoms with Gasteiger partial charge in [-0.05, 0) is 38.8 Å². The van der Waals surface area contributed by atoms with E-state index in [4.69, 9.17) is 0 Å². The summed E-state index contributed by atoms with van der Waals surface area (Å²) in [4.78, 5) is 29.1. The molecule has 1 fully saturated rings. The summed E-state index contributed by atoms with van der Waals surface area (Å²) < 4.78 is 2.04. The highest BCUT2D eigenvalue weighted by Gasteiger charge is 2.26. The summed E-state index contributed by atoms with van der Waals surface area (Å²) in [7, 11) is 1.98. The number of rotatable bonds is 4. The molecule has 2 heterocycles. The van der Waals surface area contributed by atoms with Crippen LogP contribution in [0.1, 0.15) is 39.3 Å². The summed E-state index contributed by atoms with van der Waals surface area (Å²) in [6.45, 7) is 8.48. The summed E-state index contributed by atoms with van der Waals surface area (Å²) >= 11 is 0. The van der Waals surface area contributed by atoms with Gasteiger partial charge >= 0.3 is 0 Å². The lowest BCUT2D eigenvalue weighted by molar-refractivity contribution is -0.132. The van der Waals surface area contributed by atoms with E-state index in [1.165, 1.54) is 11.1 Å². The summed E-state index contributed by atoms with van der Waals surface area (Å²) in [5.74, 6) is 0.248. The second-order valence-corrected chi connectivity index (χ2v) is 7.50. The van der Waals surface area contributed by atoms with Crippen LogP contribution in [0.3, 0.4) is 0 Å².